The van der Waals surface area contributed by atoms with Crippen LogP contribution in [0.15, 0.2) is 65.9 Å². The van der Waals surface area contributed by atoms with Crippen molar-refractivity contribution in [2.24, 2.45) is 5.10 Å². The molecule has 0 saturated heterocycles. The lowest BCUT2D eigenvalue weighted by Gasteiger charge is -2.39. The quantitative estimate of drug-likeness (QED) is 0.567. The van der Waals surface area contributed by atoms with E-state index in [0.717, 1.165) is 11.3 Å². The number of aromatic nitrogens is 2. The highest BCUT2D eigenvalue weighted by Gasteiger charge is 2.44. The highest BCUT2D eigenvalue weighted by atomic mass is 16.6. The molecule has 1 aliphatic heterocycles. The lowest BCUT2D eigenvalue weighted by atomic mass is 9.85. The number of nitrogens with one attached hydrogen (secondary N) is 2. The molecule has 0 spiro atoms. The van der Waals surface area contributed by atoms with Crippen molar-refractivity contribution in [3.63, 3.8) is 0 Å². The number of aromatic amines is 1. The van der Waals surface area contributed by atoms with Gasteiger partial charge in [-0.1, -0.05) is 25.1 Å². The van der Waals surface area contributed by atoms with E-state index in [2.05, 4.69) is 15.3 Å². The van der Waals surface area contributed by atoms with E-state index in [1.165, 1.54) is 17.5 Å². The van der Waals surface area contributed by atoms with Gasteiger partial charge >= 0.3 is 6.09 Å². The highest BCUT2D eigenvalue weighted by Crippen LogP contribution is 2.33. The molecular weight excluding hydrogens is 450 g/mol. The van der Waals surface area contributed by atoms with Gasteiger partial charge in [-0.25, -0.2) is 9.78 Å². The molecular formula is C25H29N5O5. The first-order valence-electron chi connectivity index (χ1n) is 11.4. The van der Waals surface area contributed by atoms with Crippen LogP contribution in [0.1, 0.15) is 35.8 Å². The maximum atomic E-state index is 12.7. The minimum Gasteiger partial charge on any atom is -0.501 e. The van der Waals surface area contributed by atoms with Gasteiger partial charge in [0.25, 0.3) is 5.91 Å². The zero-order valence-electron chi connectivity index (χ0n) is 20.0. The van der Waals surface area contributed by atoms with Crippen molar-refractivity contribution >= 4 is 23.4 Å². The smallest absolute Gasteiger partial charge is 0.431 e. The van der Waals surface area contributed by atoms with Gasteiger partial charge in [-0.05, 0) is 42.7 Å². The van der Waals surface area contributed by atoms with E-state index in [1.54, 1.807) is 14.2 Å². The number of allylic oxidation sites excluding steroid dienone is 2. The van der Waals surface area contributed by atoms with Gasteiger partial charge in [0, 0.05) is 25.4 Å². The Morgan fingerprint density at radius 1 is 1.31 bits per heavy atom. The number of ether oxygens (including phenoxy) is 3. The fourth-order valence-electron chi connectivity index (χ4n) is 4.07. The number of nitrogens with zero attached hydrogens (tertiary/aromatic N) is 3. The lowest BCUT2D eigenvalue weighted by molar-refractivity contribution is 0.0365. The standard InChI is InChI=1S/C25H29N5O5/c1-4-21-22(25(34-3)12-5-6-19(14-25)33-2)29-30(24(32)35-21)13-11-17-7-9-18(10-8-17)28-23(31)20-15-26-16-27-20/h5-10,12,15-16,21H,4,11,13-14H2,1-3H3,(H,26,27)(H,28,31). The first-order valence-corrected chi connectivity index (χ1v) is 11.4. The van der Waals surface area contributed by atoms with Crippen molar-refractivity contribution in [2.75, 3.05) is 26.1 Å². The number of hydrazone groups is 1. The molecule has 2 amide bonds. The molecule has 1 aromatic heterocycles. The van der Waals surface area contributed by atoms with Crippen molar-refractivity contribution in [3.8, 4) is 0 Å². The van der Waals surface area contributed by atoms with Crippen LogP contribution in [-0.2, 0) is 20.6 Å². The number of rotatable bonds is 9. The zero-order valence-corrected chi connectivity index (χ0v) is 20.0. The molecule has 1 aromatic carbocycles. The minimum atomic E-state index is -0.853. The molecule has 2 atom stereocenters. The van der Waals surface area contributed by atoms with Crippen LogP contribution in [0.25, 0.3) is 0 Å². The van der Waals surface area contributed by atoms with Gasteiger partial charge < -0.3 is 24.5 Å². The van der Waals surface area contributed by atoms with E-state index in [9.17, 15) is 9.59 Å². The van der Waals surface area contributed by atoms with Gasteiger partial charge in [0.05, 0.1) is 25.7 Å². The number of imidazole rings is 1. The second-order valence-corrected chi connectivity index (χ2v) is 8.21. The summed E-state index contributed by atoms with van der Waals surface area (Å²) >= 11 is 0. The number of hydrogen-bond acceptors (Lipinski definition) is 7. The predicted molar refractivity (Wildman–Crippen MR) is 130 cm³/mol. The van der Waals surface area contributed by atoms with E-state index in [-0.39, 0.29) is 5.91 Å². The Balaban J connectivity index is 1.45. The highest BCUT2D eigenvalue weighted by molar-refractivity contribution is 6.02. The number of anilines is 1. The summed E-state index contributed by atoms with van der Waals surface area (Å²) in [5, 5.41) is 8.84. The van der Waals surface area contributed by atoms with Crippen LogP contribution >= 0.6 is 0 Å². The SMILES string of the molecule is CCC1OC(=O)N(CCc2ccc(NC(=O)c3c[nH]cn3)cc2)N=C1C1(OC)C=CC=C(OC)C1. The van der Waals surface area contributed by atoms with Gasteiger partial charge in [-0.15, -0.1) is 0 Å². The Hall–Kier alpha value is -3.92. The van der Waals surface area contributed by atoms with E-state index in [0.29, 0.717) is 42.9 Å². The first kappa shape index (κ1) is 24.2. The minimum absolute atomic E-state index is 0.294. The van der Waals surface area contributed by atoms with Crippen molar-refractivity contribution in [2.45, 2.75) is 37.9 Å². The molecule has 2 N–H and O–H groups in total. The summed E-state index contributed by atoms with van der Waals surface area (Å²) in [4.78, 5) is 31.5. The monoisotopic (exact) mass is 479 g/mol. The van der Waals surface area contributed by atoms with Gasteiger partial charge in [0.1, 0.15) is 23.1 Å². The Kier molecular flexibility index (Phi) is 7.31. The molecule has 2 aromatic rings. The molecule has 10 nitrogen and oxygen atoms in total. The molecule has 35 heavy (non-hydrogen) atoms. The van der Waals surface area contributed by atoms with Gasteiger partial charge in [-0.3, -0.25) is 4.79 Å². The first-order chi connectivity index (χ1) is 17.0. The molecule has 4 rings (SSSR count). The molecule has 0 saturated carbocycles. The number of benzene rings is 1. The number of methoxy groups -OCH3 is 2. The summed E-state index contributed by atoms with van der Waals surface area (Å²) in [6.45, 7) is 2.27. The van der Waals surface area contributed by atoms with Crippen LogP contribution in [0.2, 0.25) is 0 Å². The zero-order chi connectivity index (χ0) is 24.8. The fourth-order valence-corrected chi connectivity index (χ4v) is 4.07. The van der Waals surface area contributed by atoms with Crippen LogP contribution in [-0.4, -0.2) is 65.2 Å². The van der Waals surface area contributed by atoms with Crippen LogP contribution in [0.3, 0.4) is 0 Å². The van der Waals surface area contributed by atoms with Crippen molar-refractivity contribution in [3.05, 3.63) is 72.0 Å². The summed E-state index contributed by atoms with van der Waals surface area (Å²) in [5.74, 6) is 0.465. The number of hydrogen-bond donors (Lipinski definition) is 2. The van der Waals surface area contributed by atoms with E-state index < -0.39 is 17.8 Å². The third-order valence-corrected chi connectivity index (χ3v) is 6.06. The molecule has 0 radical (unpaired) electrons. The second-order valence-electron chi connectivity index (χ2n) is 8.21. The average Bonchev–Trinajstić information content (AvgIpc) is 3.44. The van der Waals surface area contributed by atoms with Crippen LogP contribution in [0, 0.1) is 0 Å². The largest absolute Gasteiger partial charge is 0.501 e. The van der Waals surface area contributed by atoms with Gasteiger partial charge in [0.2, 0.25) is 0 Å². The van der Waals surface area contributed by atoms with Crippen LogP contribution in [0.4, 0.5) is 10.5 Å². The maximum Gasteiger partial charge on any atom is 0.431 e. The van der Waals surface area contributed by atoms with Crippen molar-refractivity contribution < 1.29 is 23.8 Å². The van der Waals surface area contributed by atoms with Crippen LogP contribution in [0.5, 0.6) is 0 Å². The normalized spacial score (nSPS) is 21.7. The molecule has 1 aliphatic carbocycles. The third kappa shape index (κ3) is 5.27. The maximum absolute atomic E-state index is 12.7. The summed E-state index contributed by atoms with van der Waals surface area (Å²) < 4.78 is 17.1. The Morgan fingerprint density at radius 3 is 2.77 bits per heavy atom. The number of carbonyl (C=O) groups excluding carboxylic acids is 2. The number of cyclic esters (lactones) is 1. The number of amides is 2. The number of H-pyrrole nitrogens is 1. The Morgan fingerprint density at radius 2 is 2.11 bits per heavy atom. The summed E-state index contributed by atoms with van der Waals surface area (Å²) in [5.41, 5.74) is 1.73. The lowest BCUT2D eigenvalue weighted by Crippen LogP contribution is -2.53. The summed E-state index contributed by atoms with van der Waals surface area (Å²) in [6.07, 6.45) is 9.26. The molecule has 2 aliphatic rings. The molecule has 0 fully saturated rings. The van der Waals surface area contributed by atoms with Gasteiger partial charge in [0.15, 0.2) is 0 Å². The summed E-state index contributed by atoms with van der Waals surface area (Å²) in [6, 6.07) is 7.40. The summed E-state index contributed by atoms with van der Waals surface area (Å²) in [7, 11) is 3.23. The van der Waals surface area contributed by atoms with Crippen molar-refractivity contribution in [1.29, 1.82) is 0 Å². The van der Waals surface area contributed by atoms with Crippen molar-refractivity contribution in [1.82, 2.24) is 15.0 Å². The van der Waals surface area contributed by atoms with E-state index in [4.69, 9.17) is 19.3 Å². The predicted octanol–water partition coefficient (Wildman–Crippen LogP) is 3.67. The van der Waals surface area contributed by atoms with Crippen LogP contribution < -0.4 is 5.32 Å². The Labute approximate surface area is 203 Å². The Bertz CT molecular complexity index is 1140. The molecule has 184 valence electrons. The third-order valence-electron chi connectivity index (χ3n) is 6.06. The van der Waals surface area contributed by atoms with E-state index >= 15 is 0 Å². The fraction of sp³-hybridized carbons (Fsp3) is 0.360. The molecule has 2 unspecified atom stereocenters. The number of carbonyl (C=O) groups is 2. The van der Waals surface area contributed by atoms with E-state index in [1.807, 2.05) is 49.4 Å². The molecule has 2 heterocycles. The topological polar surface area (TPSA) is 118 Å². The second kappa shape index (κ2) is 10.6. The average molecular weight is 480 g/mol. The van der Waals surface area contributed by atoms with Gasteiger partial charge in [-0.2, -0.15) is 10.1 Å². The molecule has 10 heteroatoms. The molecule has 0 bridgehead atoms.